The molecule has 0 saturated heterocycles. The van der Waals surface area contributed by atoms with Crippen LogP contribution in [0, 0.1) is 5.82 Å². The average Bonchev–Trinajstić information content (AvgIpc) is 2.69. The van der Waals surface area contributed by atoms with Gasteiger partial charge >= 0.3 is 6.18 Å². The standard InChI is InChI=1S/C20H15F4N3O3/c1-30-17-8-4-13(20(22,23)24)10-16(17)25-18(28)11-27-19(29)9-7-15(26-27)12-2-5-14(21)6-3-12/h2-10H,11H2,1H3,(H,25,28). The Hall–Kier alpha value is -3.69. The number of rotatable bonds is 5. The third kappa shape index (κ3) is 4.83. The molecular weight excluding hydrogens is 406 g/mol. The van der Waals surface area contributed by atoms with E-state index in [2.05, 4.69) is 10.4 Å². The highest BCUT2D eigenvalue weighted by atomic mass is 19.4. The molecule has 1 aromatic heterocycles. The van der Waals surface area contributed by atoms with Crippen LogP contribution >= 0.6 is 0 Å². The van der Waals surface area contributed by atoms with Gasteiger partial charge in [-0.25, -0.2) is 9.07 Å². The number of aromatic nitrogens is 2. The average molecular weight is 421 g/mol. The second-order valence-corrected chi connectivity index (χ2v) is 6.18. The topological polar surface area (TPSA) is 73.2 Å². The van der Waals surface area contributed by atoms with Crippen LogP contribution in [0.2, 0.25) is 0 Å². The van der Waals surface area contributed by atoms with Gasteiger partial charge in [-0.3, -0.25) is 9.59 Å². The lowest BCUT2D eigenvalue weighted by molar-refractivity contribution is -0.137. The summed E-state index contributed by atoms with van der Waals surface area (Å²) in [5.74, 6) is -1.20. The van der Waals surface area contributed by atoms with Crippen LogP contribution < -0.4 is 15.6 Å². The Morgan fingerprint density at radius 2 is 1.80 bits per heavy atom. The van der Waals surface area contributed by atoms with Crippen molar-refractivity contribution in [2.75, 3.05) is 12.4 Å². The van der Waals surface area contributed by atoms with Crippen LogP contribution in [0.1, 0.15) is 5.56 Å². The fourth-order valence-electron chi connectivity index (χ4n) is 2.64. The van der Waals surface area contributed by atoms with Crippen LogP contribution in [0.15, 0.2) is 59.4 Å². The maximum absolute atomic E-state index is 13.1. The van der Waals surface area contributed by atoms with Crippen LogP contribution in [0.5, 0.6) is 5.75 Å². The van der Waals surface area contributed by atoms with Gasteiger partial charge in [0.2, 0.25) is 5.91 Å². The Morgan fingerprint density at radius 1 is 1.10 bits per heavy atom. The molecule has 1 amide bonds. The summed E-state index contributed by atoms with van der Waals surface area (Å²) >= 11 is 0. The monoisotopic (exact) mass is 421 g/mol. The molecule has 3 rings (SSSR count). The molecule has 30 heavy (non-hydrogen) atoms. The van der Waals surface area contributed by atoms with Crippen molar-refractivity contribution >= 4 is 11.6 Å². The van der Waals surface area contributed by atoms with E-state index in [9.17, 15) is 27.2 Å². The minimum absolute atomic E-state index is 0.0247. The van der Waals surface area contributed by atoms with Gasteiger partial charge in [-0.15, -0.1) is 0 Å². The first-order valence-electron chi connectivity index (χ1n) is 8.56. The maximum atomic E-state index is 13.1. The van der Waals surface area contributed by atoms with Gasteiger partial charge in [0.15, 0.2) is 0 Å². The van der Waals surface area contributed by atoms with Gasteiger partial charge in [0.05, 0.1) is 24.1 Å². The van der Waals surface area contributed by atoms with Crippen LogP contribution in [0.3, 0.4) is 0 Å². The van der Waals surface area contributed by atoms with Gasteiger partial charge in [-0.2, -0.15) is 18.3 Å². The highest BCUT2D eigenvalue weighted by Gasteiger charge is 2.31. The Morgan fingerprint density at radius 3 is 2.43 bits per heavy atom. The Balaban J connectivity index is 1.84. The van der Waals surface area contributed by atoms with Crippen LogP contribution in [0.4, 0.5) is 23.2 Å². The molecular formula is C20H15F4N3O3. The molecule has 2 aromatic carbocycles. The van der Waals surface area contributed by atoms with Gasteiger partial charge in [0.25, 0.3) is 5.56 Å². The van der Waals surface area contributed by atoms with Crippen LogP contribution in [0.25, 0.3) is 11.3 Å². The first-order valence-corrected chi connectivity index (χ1v) is 8.56. The number of nitrogens with zero attached hydrogens (tertiary/aromatic N) is 2. The van der Waals surface area contributed by atoms with Crippen molar-refractivity contribution in [2.45, 2.75) is 12.7 Å². The minimum atomic E-state index is -4.60. The van der Waals surface area contributed by atoms with E-state index in [-0.39, 0.29) is 11.4 Å². The lowest BCUT2D eigenvalue weighted by Gasteiger charge is -2.14. The van der Waals surface area contributed by atoms with Crippen molar-refractivity contribution in [1.29, 1.82) is 0 Å². The summed E-state index contributed by atoms with van der Waals surface area (Å²) in [6.45, 7) is -0.548. The lowest BCUT2D eigenvalue weighted by Crippen LogP contribution is -2.29. The number of hydrogen-bond donors (Lipinski definition) is 1. The third-order valence-electron chi connectivity index (χ3n) is 4.10. The molecule has 0 fully saturated rings. The Bertz CT molecular complexity index is 1130. The number of alkyl halides is 3. The molecule has 1 heterocycles. The zero-order valence-corrected chi connectivity index (χ0v) is 15.5. The van der Waals surface area contributed by atoms with Gasteiger partial charge < -0.3 is 10.1 Å². The van der Waals surface area contributed by atoms with Crippen LogP contribution in [-0.4, -0.2) is 22.8 Å². The number of carbonyl (C=O) groups excluding carboxylic acids is 1. The van der Waals surface area contributed by atoms with E-state index < -0.39 is 35.6 Å². The summed E-state index contributed by atoms with van der Waals surface area (Å²) < 4.78 is 57.7. The van der Waals surface area contributed by atoms with Crippen molar-refractivity contribution in [3.8, 4) is 17.0 Å². The van der Waals surface area contributed by atoms with Crippen molar-refractivity contribution in [1.82, 2.24) is 9.78 Å². The van der Waals surface area contributed by atoms with Gasteiger partial charge in [0.1, 0.15) is 18.1 Å². The SMILES string of the molecule is COc1ccc(C(F)(F)F)cc1NC(=O)Cn1nc(-c2ccc(F)cc2)ccc1=O. The number of benzene rings is 2. The largest absolute Gasteiger partial charge is 0.495 e. The highest BCUT2D eigenvalue weighted by Crippen LogP contribution is 2.34. The summed E-state index contributed by atoms with van der Waals surface area (Å²) in [6.07, 6.45) is -4.60. The smallest absolute Gasteiger partial charge is 0.416 e. The van der Waals surface area contributed by atoms with Crippen LogP contribution in [-0.2, 0) is 17.5 Å². The van der Waals surface area contributed by atoms with E-state index in [4.69, 9.17) is 4.74 Å². The number of halogens is 4. The molecule has 0 aliphatic rings. The Labute approximate surface area is 167 Å². The molecule has 156 valence electrons. The maximum Gasteiger partial charge on any atom is 0.416 e. The third-order valence-corrected chi connectivity index (χ3v) is 4.10. The summed E-state index contributed by atoms with van der Waals surface area (Å²) in [4.78, 5) is 24.4. The normalized spacial score (nSPS) is 11.2. The number of amides is 1. The zero-order valence-electron chi connectivity index (χ0n) is 15.5. The molecule has 0 atom stereocenters. The Kier molecular flexibility index (Phi) is 5.86. The molecule has 0 radical (unpaired) electrons. The van der Waals surface area contributed by atoms with Gasteiger partial charge in [-0.05, 0) is 48.5 Å². The number of hydrogen-bond acceptors (Lipinski definition) is 4. The fourth-order valence-corrected chi connectivity index (χ4v) is 2.64. The van der Waals surface area contributed by atoms with Gasteiger partial charge in [0, 0.05) is 11.6 Å². The summed E-state index contributed by atoms with van der Waals surface area (Å²) in [5, 5.41) is 6.37. The quantitative estimate of drug-likeness (QED) is 0.638. The molecule has 0 aliphatic heterocycles. The van der Waals surface area contributed by atoms with E-state index in [1.807, 2.05) is 0 Å². The van der Waals surface area contributed by atoms with Gasteiger partial charge in [-0.1, -0.05) is 0 Å². The van der Waals surface area contributed by atoms with E-state index in [1.54, 1.807) is 0 Å². The first-order chi connectivity index (χ1) is 14.2. The number of carbonyl (C=O) groups is 1. The fraction of sp³-hybridized carbons (Fsp3) is 0.150. The predicted molar refractivity (Wildman–Crippen MR) is 101 cm³/mol. The second kappa shape index (κ2) is 8.36. The zero-order chi connectivity index (χ0) is 21.9. The second-order valence-electron chi connectivity index (χ2n) is 6.18. The van der Waals surface area contributed by atoms with Crippen molar-refractivity contribution in [3.05, 3.63) is 76.3 Å². The predicted octanol–water partition coefficient (Wildman–Crippen LogP) is 3.72. The van der Waals surface area contributed by atoms with Crippen molar-refractivity contribution in [3.63, 3.8) is 0 Å². The number of methoxy groups -OCH3 is 1. The molecule has 1 N–H and O–H groups in total. The number of ether oxygens (including phenoxy) is 1. The van der Waals surface area contributed by atoms with Crippen molar-refractivity contribution in [2.24, 2.45) is 0 Å². The van der Waals surface area contributed by atoms with E-state index in [1.165, 1.54) is 43.5 Å². The molecule has 3 aromatic rings. The molecule has 0 bridgehead atoms. The molecule has 6 nitrogen and oxygen atoms in total. The van der Waals surface area contributed by atoms with E-state index >= 15 is 0 Å². The molecule has 0 spiro atoms. The summed E-state index contributed by atoms with van der Waals surface area (Å²) in [6, 6.07) is 10.6. The molecule has 0 aliphatic carbocycles. The van der Waals surface area contributed by atoms with E-state index in [0.29, 0.717) is 11.3 Å². The molecule has 0 unspecified atom stereocenters. The number of anilines is 1. The summed E-state index contributed by atoms with van der Waals surface area (Å²) in [7, 11) is 1.25. The molecule has 10 heteroatoms. The summed E-state index contributed by atoms with van der Waals surface area (Å²) in [5.41, 5.74) is -0.913. The van der Waals surface area contributed by atoms with E-state index in [0.717, 1.165) is 22.9 Å². The highest BCUT2D eigenvalue weighted by molar-refractivity contribution is 5.92. The minimum Gasteiger partial charge on any atom is -0.495 e. The van der Waals surface area contributed by atoms with Crippen molar-refractivity contribution < 1.29 is 27.1 Å². The lowest BCUT2D eigenvalue weighted by atomic mass is 10.1. The number of nitrogens with one attached hydrogen (secondary N) is 1. The molecule has 0 saturated carbocycles. The first kappa shape index (κ1) is 21.0.